The molecule has 0 spiro atoms. The SMILES string of the molecule is CC(C)(C)COc1cc(C(C)(C)C)ccc1Cl. The molecule has 0 aliphatic carbocycles. The monoisotopic (exact) mass is 254 g/mol. The molecule has 0 bridgehead atoms. The van der Waals surface area contributed by atoms with Gasteiger partial charge in [0.05, 0.1) is 11.6 Å². The van der Waals surface area contributed by atoms with Crippen LogP contribution < -0.4 is 4.74 Å². The molecule has 0 atom stereocenters. The number of ether oxygens (including phenoxy) is 1. The van der Waals surface area contributed by atoms with Crippen LogP contribution in [-0.2, 0) is 5.41 Å². The van der Waals surface area contributed by atoms with Gasteiger partial charge in [-0.3, -0.25) is 0 Å². The Morgan fingerprint density at radius 2 is 1.65 bits per heavy atom. The lowest BCUT2D eigenvalue weighted by Gasteiger charge is -2.23. The molecule has 0 aliphatic rings. The number of halogens is 1. The van der Waals surface area contributed by atoms with Crippen LogP contribution in [0.3, 0.4) is 0 Å². The fourth-order valence-electron chi connectivity index (χ4n) is 1.37. The summed E-state index contributed by atoms with van der Waals surface area (Å²) in [5, 5.41) is 0.683. The summed E-state index contributed by atoms with van der Waals surface area (Å²) >= 11 is 6.15. The highest BCUT2D eigenvalue weighted by Crippen LogP contribution is 2.32. The lowest BCUT2D eigenvalue weighted by Crippen LogP contribution is -2.17. The zero-order valence-electron chi connectivity index (χ0n) is 11.7. The van der Waals surface area contributed by atoms with E-state index in [4.69, 9.17) is 16.3 Å². The van der Waals surface area contributed by atoms with Gasteiger partial charge in [-0.05, 0) is 28.5 Å². The van der Waals surface area contributed by atoms with Crippen molar-refractivity contribution in [2.45, 2.75) is 47.0 Å². The van der Waals surface area contributed by atoms with Crippen LogP contribution in [0.25, 0.3) is 0 Å². The van der Waals surface area contributed by atoms with Crippen LogP contribution in [0.4, 0.5) is 0 Å². The Bertz CT molecular complexity index is 383. The Morgan fingerprint density at radius 3 is 2.12 bits per heavy atom. The highest BCUT2D eigenvalue weighted by atomic mass is 35.5. The van der Waals surface area contributed by atoms with Crippen LogP contribution in [0, 0.1) is 5.41 Å². The van der Waals surface area contributed by atoms with Crippen LogP contribution in [0.2, 0.25) is 5.02 Å². The maximum atomic E-state index is 6.15. The second kappa shape index (κ2) is 4.89. The molecule has 1 aromatic rings. The minimum absolute atomic E-state index is 0.116. The fourth-order valence-corrected chi connectivity index (χ4v) is 1.55. The van der Waals surface area contributed by atoms with Gasteiger partial charge in [-0.1, -0.05) is 59.2 Å². The summed E-state index contributed by atoms with van der Waals surface area (Å²) in [6, 6.07) is 6.03. The minimum atomic E-state index is 0.116. The molecule has 0 saturated carbocycles. The lowest BCUT2D eigenvalue weighted by atomic mass is 9.87. The third-order valence-electron chi connectivity index (χ3n) is 2.46. The largest absolute Gasteiger partial charge is 0.491 e. The third kappa shape index (κ3) is 4.59. The zero-order chi connectivity index (χ0) is 13.3. The number of hydrogen-bond acceptors (Lipinski definition) is 1. The van der Waals surface area contributed by atoms with Crippen molar-refractivity contribution in [3.8, 4) is 5.75 Å². The van der Waals surface area contributed by atoms with E-state index in [9.17, 15) is 0 Å². The van der Waals surface area contributed by atoms with E-state index >= 15 is 0 Å². The molecule has 0 aromatic heterocycles. The quantitative estimate of drug-likeness (QED) is 0.717. The average Bonchev–Trinajstić information content (AvgIpc) is 2.13. The van der Waals surface area contributed by atoms with Crippen molar-refractivity contribution >= 4 is 11.6 Å². The second-order valence-electron chi connectivity index (χ2n) is 6.74. The van der Waals surface area contributed by atoms with E-state index in [2.05, 4.69) is 47.6 Å². The van der Waals surface area contributed by atoms with Crippen LogP contribution in [0.5, 0.6) is 5.75 Å². The smallest absolute Gasteiger partial charge is 0.138 e. The highest BCUT2D eigenvalue weighted by molar-refractivity contribution is 6.32. The lowest BCUT2D eigenvalue weighted by molar-refractivity contribution is 0.197. The van der Waals surface area contributed by atoms with Gasteiger partial charge in [-0.25, -0.2) is 0 Å². The third-order valence-corrected chi connectivity index (χ3v) is 2.77. The normalized spacial score (nSPS) is 12.6. The summed E-state index contributed by atoms with van der Waals surface area (Å²) in [5.74, 6) is 0.786. The minimum Gasteiger partial charge on any atom is -0.491 e. The van der Waals surface area contributed by atoms with Gasteiger partial charge in [0.15, 0.2) is 0 Å². The summed E-state index contributed by atoms with van der Waals surface area (Å²) in [5.41, 5.74) is 1.50. The molecule has 0 heterocycles. The molecule has 0 unspecified atom stereocenters. The molecule has 0 radical (unpaired) electrons. The standard InChI is InChI=1S/C15H23ClO/c1-14(2,3)10-17-13-9-11(15(4,5)6)7-8-12(13)16/h7-9H,10H2,1-6H3. The summed E-state index contributed by atoms with van der Waals surface area (Å²) in [7, 11) is 0. The first-order chi connectivity index (χ1) is 7.59. The average molecular weight is 255 g/mol. The van der Waals surface area contributed by atoms with Gasteiger partial charge in [0, 0.05) is 0 Å². The van der Waals surface area contributed by atoms with Crippen molar-refractivity contribution < 1.29 is 4.74 Å². The van der Waals surface area contributed by atoms with Crippen molar-refractivity contribution in [2.24, 2.45) is 5.41 Å². The van der Waals surface area contributed by atoms with Gasteiger partial charge >= 0.3 is 0 Å². The van der Waals surface area contributed by atoms with E-state index in [1.165, 1.54) is 5.56 Å². The fraction of sp³-hybridized carbons (Fsp3) is 0.600. The molecule has 0 amide bonds. The number of hydrogen-bond donors (Lipinski definition) is 0. The molecule has 2 heteroatoms. The van der Waals surface area contributed by atoms with Gasteiger partial charge < -0.3 is 4.74 Å². The molecule has 0 fully saturated rings. The maximum absolute atomic E-state index is 6.15. The van der Waals surface area contributed by atoms with E-state index in [0.717, 1.165) is 5.75 Å². The van der Waals surface area contributed by atoms with Crippen LogP contribution in [0.1, 0.15) is 47.1 Å². The molecule has 0 N–H and O–H groups in total. The van der Waals surface area contributed by atoms with Gasteiger partial charge in [0.1, 0.15) is 5.75 Å². The number of rotatable bonds is 2. The molecule has 0 aliphatic heterocycles. The summed E-state index contributed by atoms with van der Waals surface area (Å²) in [4.78, 5) is 0. The molecule has 1 aromatic carbocycles. The van der Waals surface area contributed by atoms with E-state index in [1.54, 1.807) is 0 Å². The van der Waals surface area contributed by atoms with Crippen LogP contribution in [0.15, 0.2) is 18.2 Å². The molecular weight excluding hydrogens is 232 g/mol. The molecular formula is C15H23ClO. The van der Waals surface area contributed by atoms with E-state index in [-0.39, 0.29) is 10.8 Å². The van der Waals surface area contributed by atoms with Crippen molar-refractivity contribution in [2.75, 3.05) is 6.61 Å². The Kier molecular flexibility index (Phi) is 4.14. The number of benzene rings is 1. The first-order valence-electron chi connectivity index (χ1n) is 6.02. The van der Waals surface area contributed by atoms with Crippen molar-refractivity contribution in [3.05, 3.63) is 28.8 Å². The Balaban J connectivity index is 2.92. The zero-order valence-corrected chi connectivity index (χ0v) is 12.5. The summed E-state index contributed by atoms with van der Waals surface area (Å²) in [6.07, 6.45) is 0. The van der Waals surface area contributed by atoms with Gasteiger partial charge in [0.2, 0.25) is 0 Å². The van der Waals surface area contributed by atoms with Crippen LogP contribution in [-0.4, -0.2) is 6.61 Å². The van der Waals surface area contributed by atoms with Crippen LogP contribution >= 0.6 is 11.6 Å². The Hall–Kier alpha value is -0.690. The van der Waals surface area contributed by atoms with Crippen molar-refractivity contribution in [1.29, 1.82) is 0 Å². The predicted molar refractivity (Wildman–Crippen MR) is 75.1 cm³/mol. The van der Waals surface area contributed by atoms with Gasteiger partial charge in [0.25, 0.3) is 0 Å². The molecule has 1 nitrogen and oxygen atoms in total. The second-order valence-corrected chi connectivity index (χ2v) is 7.15. The van der Waals surface area contributed by atoms with E-state index in [1.807, 2.05) is 12.1 Å². The first-order valence-corrected chi connectivity index (χ1v) is 6.40. The first kappa shape index (κ1) is 14.4. The topological polar surface area (TPSA) is 9.23 Å². The van der Waals surface area contributed by atoms with Gasteiger partial charge in [-0.2, -0.15) is 0 Å². The van der Waals surface area contributed by atoms with Crippen molar-refractivity contribution in [3.63, 3.8) is 0 Å². The highest BCUT2D eigenvalue weighted by Gasteiger charge is 2.17. The van der Waals surface area contributed by atoms with E-state index < -0.39 is 0 Å². The summed E-state index contributed by atoms with van der Waals surface area (Å²) < 4.78 is 5.81. The Labute approximate surface area is 110 Å². The molecule has 96 valence electrons. The predicted octanol–water partition coefficient (Wildman–Crippen LogP) is 5.06. The maximum Gasteiger partial charge on any atom is 0.138 e. The molecule has 17 heavy (non-hydrogen) atoms. The van der Waals surface area contributed by atoms with Crippen molar-refractivity contribution in [1.82, 2.24) is 0 Å². The summed E-state index contributed by atoms with van der Waals surface area (Å²) in [6.45, 7) is 13.7. The Morgan fingerprint density at radius 1 is 1.06 bits per heavy atom. The molecule has 1 rings (SSSR count). The van der Waals surface area contributed by atoms with Gasteiger partial charge in [-0.15, -0.1) is 0 Å². The molecule has 0 saturated heterocycles. The van der Waals surface area contributed by atoms with E-state index in [0.29, 0.717) is 11.6 Å².